The second-order valence-electron chi connectivity index (χ2n) is 30.0. The molecule has 12 atom stereocenters. The number of nitrogens with one attached hydrogen (secondary N) is 1. The Balaban J connectivity index is 0.000000177. The number of carbonyl (C=O) groups is 6. The summed E-state index contributed by atoms with van der Waals surface area (Å²) in [6.07, 6.45) is 29.7. The van der Waals surface area contributed by atoms with Gasteiger partial charge in [-0.1, -0.05) is 105 Å². The first-order valence-corrected chi connectivity index (χ1v) is 30.9. The molecule has 0 aromatic carbocycles. The lowest BCUT2D eigenvalue weighted by Crippen LogP contribution is -2.62. The van der Waals surface area contributed by atoms with E-state index in [1.807, 2.05) is 25.8 Å². The van der Waals surface area contributed by atoms with Crippen LogP contribution in [0.1, 0.15) is 207 Å². The van der Waals surface area contributed by atoms with Gasteiger partial charge in [0.25, 0.3) is 11.8 Å². The van der Waals surface area contributed by atoms with E-state index in [1.165, 1.54) is 82.3 Å². The minimum Gasteiger partial charge on any atom is -0.504 e. The summed E-state index contributed by atoms with van der Waals surface area (Å²) in [5, 5.41) is 32.0. The van der Waals surface area contributed by atoms with Crippen LogP contribution in [0.3, 0.4) is 0 Å². The monoisotopic (exact) mass is 1140 g/mol. The van der Waals surface area contributed by atoms with E-state index >= 15 is 0 Å². The van der Waals surface area contributed by atoms with Gasteiger partial charge in [-0.2, -0.15) is 5.26 Å². The number of hydrogen-bond acceptors (Lipinski definition) is 11. The molecule has 1 aliphatic heterocycles. The van der Waals surface area contributed by atoms with Crippen LogP contribution in [0.15, 0.2) is 92.6 Å². The van der Waals surface area contributed by atoms with Gasteiger partial charge in [0.1, 0.15) is 0 Å². The van der Waals surface area contributed by atoms with Gasteiger partial charge in [-0.05, 0) is 200 Å². The first-order chi connectivity index (χ1) is 38.5. The maximum atomic E-state index is 12.7. The zero-order chi connectivity index (χ0) is 61.6. The number of aliphatic hydroxyl groups excluding tert-OH is 2. The highest BCUT2D eigenvalue weighted by molar-refractivity contribution is 6.07. The first-order valence-electron chi connectivity index (χ1n) is 30.9. The molecular formula is C70H98N4O9. The summed E-state index contributed by atoms with van der Waals surface area (Å²) in [6.45, 7) is 34.9. The largest absolute Gasteiger partial charge is 0.504 e. The number of carbonyl (C=O) groups excluding carboxylic acids is 6. The Hall–Kier alpha value is -5.61. The van der Waals surface area contributed by atoms with Crippen molar-refractivity contribution in [3.63, 3.8) is 0 Å². The lowest BCUT2D eigenvalue weighted by atomic mass is 9.34. The van der Waals surface area contributed by atoms with Crippen LogP contribution in [0.4, 0.5) is 0 Å². The van der Waals surface area contributed by atoms with Gasteiger partial charge in [-0.25, -0.2) is 4.79 Å². The molecule has 11 rings (SSSR count). The van der Waals surface area contributed by atoms with Crippen molar-refractivity contribution in [3.8, 4) is 6.07 Å². The number of hydroxylamine groups is 2. The van der Waals surface area contributed by atoms with Crippen molar-refractivity contribution in [2.75, 3.05) is 27.2 Å². The molecule has 10 aliphatic carbocycles. The normalized spacial score (nSPS) is 40.1. The molecule has 3 amide bonds. The number of amides is 3. The fourth-order valence-electron chi connectivity index (χ4n) is 19.3. The van der Waals surface area contributed by atoms with Crippen LogP contribution >= 0.6 is 0 Å². The minimum absolute atomic E-state index is 0.0396. The lowest BCUT2D eigenvalue weighted by Gasteiger charge is -2.70. The number of hydrogen-bond donors (Lipinski definition) is 3. The molecule has 0 radical (unpaired) electrons. The zero-order valence-electron chi connectivity index (χ0n) is 53.4. The van der Waals surface area contributed by atoms with Crippen molar-refractivity contribution in [2.24, 2.45) is 66.0 Å². The second kappa shape index (κ2) is 21.7. The van der Waals surface area contributed by atoms with Gasteiger partial charge in [0, 0.05) is 75.7 Å². The number of imide groups is 1. The molecule has 1 heterocycles. The molecule has 1 saturated heterocycles. The van der Waals surface area contributed by atoms with E-state index in [2.05, 4.69) is 111 Å². The summed E-state index contributed by atoms with van der Waals surface area (Å²) in [5.41, 5.74) is 10.3. The number of nitriles is 1. The summed E-state index contributed by atoms with van der Waals surface area (Å²) < 4.78 is 0. The Morgan fingerprint density at radius 2 is 1.02 bits per heavy atom. The van der Waals surface area contributed by atoms with E-state index in [-0.39, 0.29) is 79.7 Å². The fourth-order valence-corrected chi connectivity index (χ4v) is 19.3. The topological polar surface area (TPSA) is 194 Å². The van der Waals surface area contributed by atoms with Crippen LogP contribution < -0.4 is 5.32 Å². The van der Waals surface area contributed by atoms with E-state index in [0.717, 1.165) is 73.6 Å². The van der Waals surface area contributed by atoms with Crippen LogP contribution in [0.5, 0.6) is 0 Å². The molecular weight excluding hydrogens is 1040 g/mol. The number of aliphatic hydroxyl groups is 2. The van der Waals surface area contributed by atoms with Gasteiger partial charge >= 0.3 is 5.97 Å². The molecule has 452 valence electrons. The Morgan fingerprint density at radius 1 is 0.639 bits per heavy atom. The Kier molecular flexibility index (Phi) is 16.6. The molecule has 7 fully saturated rings. The van der Waals surface area contributed by atoms with Crippen LogP contribution in [0, 0.1) is 77.3 Å². The third-order valence-corrected chi connectivity index (χ3v) is 24.9. The van der Waals surface area contributed by atoms with Gasteiger partial charge in [-0.3, -0.25) is 24.0 Å². The number of nitrogens with zero attached hydrogens (tertiary/aromatic N) is 3. The molecule has 13 nitrogen and oxygen atoms in total. The van der Waals surface area contributed by atoms with Crippen molar-refractivity contribution in [1.82, 2.24) is 15.3 Å². The molecule has 0 aromatic rings. The van der Waals surface area contributed by atoms with E-state index in [0.29, 0.717) is 38.7 Å². The van der Waals surface area contributed by atoms with Crippen molar-refractivity contribution in [1.29, 1.82) is 5.26 Å². The fraction of sp³-hybridized carbons (Fsp3) is 0.671. The third kappa shape index (κ3) is 10.1. The molecule has 0 unspecified atom stereocenters. The number of allylic oxidation sites excluding steroid dienone is 14. The molecule has 0 spiro atoms. The van der Waals surface area contributed by atoms with Crippen LogP contribution in [-0.4, -0.2) is 82.6 Å². The third-order valence-electron chi connectivity index (χ3n) is 24.9. The maximum absolute atomic E-state index is 12.7. The second-order valence-corrected chi connectivity index (χ2v) is 30.0. The van der Waals surface area contributed by atoms with Crippen molar-refractivity contribution >= 4 is 35.3 Å². The summed E-state index contributed by atoms with van der Waals surface area (Å²) >= 11 is 0. The summed E-state index contributed by atoms with van der Waals surface area (Å²) in [4.78, 5) is 75.5. The van der Waals surface area contributed by atoms with Crippen molar-refractivity contribution in [2.45, 2.75) is 207 Å². The van der Waals surface area contributed by atoms with Gasteiger partial charge in [0.15, 0.2) is 11.5 Å². The zero-order valence-corrected chi connectivity index (χ0v) is 53.4. The quantitative estimate of drug-likeness (QED) is 0.222. The Bertz CT molecular complexity index is 3090. The smallest absolute Gasteiger partial charge is 0.330 e. The summed E-state index contributed by atoms with van der Waals surface area (Å²) in [5.74, 6) is -0.797. The van der Waals surface area contributed by atoms with Crippen LogP contribution in [0.2, 0.25) is 0 Å². The van der Waals surface area contributed by atoms with E-state index in [4.69, 9.17) is 5.26 Å². The standard InChI is InChI=1S/C32H45NO3.C30H43NO2.C6H7NO4.C2H3N/c1-20-22-9-10-25-30(5,23(22)17-24(35)27(20)36)14-16-32(7)26-18-28(3,19-33(8)21(2)34)11-12-29(26,4)13-15-31(25,32)6;1-19-20-8-9-23-28(4,21(20)16-22(32)25(19)33)13-15-30(6)24-17-26(2,18-31-7)10-11-27(24,3)12-14-29(23,30)5;1-4(8)11-7-5(9)2-3-6(7)10;1-2-3/h9-10,17,26,36H,11-16,18-19H2,1-8H3;8-9,16,24,31,33H,10-15,17-18H2,1-7H3;2-3H2,1H3;1H3/t26-,28-,29-,30+,31-,32+;24-,26-,27-,28+,29-,30+;;/m11../s1. The SMILES string of the molecule is CC#N.CC(=O)N(C)C[C@]1(C)CC[C@]2(C)CC[C@]3(C)C4=CC=C5C(=CC(=O)C(O)=C5C)[C@]4(C)CC[C@@]3(C)[C@@H]2C1.CC(=O)ON1C(=O)CCC1=O.CNC[C@]1(C)CC[C@]2(C)CC[C@]3(C)C4=CC=C5C(=CC(=O)C(O)=C5C)[C@]4(C)CC[C@@]3(C)[C@@H]2C1. The summed E-state index contributed by atoms with van der Waals surface area (Å²) in [7, 11) is 4.05. The predicted octanol–water partition coefficient (Wildman–Crippen LogP) is 14.1. The van der Waals surface area contributed by atoms with Crippen molar-refractivity contribution < 1.29 is 43.8 Å². The Labute approximate surface area is 495 Å². The molecule has 3 N–H and O–H groups in total. The lowest BCUT2D eigenvalue weighted by molar-refractivity contribution is -0.195. The van der Waals surface area contributed by atoms with Crippen LogP contribution in [0.25, 0.3) is 0 Å². The molecule has 13 heteroatoms. The number of ketones is 2. The van der Waals surface area contributed by atoms with Gasteiger partial charge in [-0.15, -0.1) is 5.06 Å². The number of rotatable bonds is 5. The van der Waals surface area contributed by atoms with Gasteiger partial charge < -0.3 is 25.3 Å². The number of fused-ring (bicyclic) bond motifs is 14. The highest BCUT2D eigenvalue weighted by Gasteiger charge is 2.69. The first kappa shape index (κ1) is 63.4. The average Bonchev–Trinajstić information content (AvgIpc) is 0.975. The van der Waals surface area contributed by atoms with E-state index in [9.17, 15) is 39.0 Å². The molecule has 83 heavy (non-hydrogen) atoms. The molecule has 0 bridgehead atoms. The molecule has 0 aromatic heterocycles. The molecule has 11 aliphatic rings. The molecule has 6 saturated carbocycles. The highest BCUT2D eigenvalue weighted by Crippen LogP contribution is 2.77. The summed E-state index contributed by atoms with van der Waals surface area (Å²) in [6, 6.07) is 1.75. The average molecular weight is 1140 g/mol. The maximum Gasteiger partial charge on any atom is 0.330 e. The van der Waals surface area contributed by atoms with E-state index < -0.39 is 17.8 Å². The van der Waals surface area contributed by atoms with E-state index in [1.54, 1.807) is 25.1 Å². The van der Waals surface area contributed by atoms with Crippen LogP contribution in [-0.2, 0) is 33.6 Å². The Morgan fingerprint density at radius 3 is 1.41 bits per heavy atom. The van der Waals surface area contributed by atoms with Gasteiger partial charge in [0.05, 0.1) is 6.07 Å². The predicted molar refractivity (Wildman–Crippen MR) is 323 cm³/mol. The van der Waals surface area contributed by atoms with Crippen molar-refractivity contribution in [3.05, 3.63) is 92.6 Å². The van der Waals surface area contributed by atoms with Gasteiger partial charge in [0.2, 0.25) is 17.5 Å². The highest BCUT2D eigenvalue weighted by atomic mass is 16.7. The minimum atomic E-state index is -0.659.